The summed E-state index contributed by atoms with van der Waals surface area (Å²) in [5.41, 5.74) is 4.25. The number of ether oxygens (including phenoxy) is 1. The van der Waals surface area contributed by atoms with E-state index in [1.807, 2.05) is 11.8 Å². The van der Waals surface area contributed by atoms with Crippen molar-refractivity contribution in [2.75, 3.05) is 37.4 Å². The second-order valence-electron chi connectivity index (χ2n) is 9.44. The summed E-state index contributed by atoms with van der Waals surface area (Å²) >= 11 is 1.81. The Labute approximate surface area is 192 Å². The summed E-state index contributed by atoms with van der Waals surface area (Å²) in [6.45, 7) is 7.90. The van der Waals surface area contributed by atoms with Gasteiger partial charge in [0.25, 0.3) is 0 Å². The topological polar surface area (TPSA) is 52.7 Å². The first-order chi connectivity index (χ1) is 15.4. The van der Waals surface area contributed by atoms with E-state index in [0.717, 1.165) is 64.9 Å². The third-order valence-corrected chi connectivity index (χ3v) is 8.14. The van der Waals surface area contributed by atoms with Crippen molar-refractivity contribution in [1.29, 1.82) is 0 Å². The van der Waals surface area contributed by atoms with E-state index in [4.69, 9.17) is 9.73 Å². The predicted molar refractivity (Wildman–Crippen MR) is 128 cm³/mol. The Morgan fingerprint density at radius 3 is 2.72 bits per heavy atom. The van der Waals surface area contributed by atoms with Crippen molar-refractivity contribution in [3.05, 3.63) is 29.5 Å². The number of aromatic nitrogens is 1. The van der Waals surface area contributed by atoms with Gasteiger partial charge in [0.2, 0.25) is 5.92 Å². The number of morpholine rings is 1. The largest absolute Gasteiger partial charge is 0.381 e. The average molecular weight is 463 g/mol. The fourth-order valence-electron chi connectivity index (χ4n) is 5.04. The monoisotopic (exact) mass is 462 g/mol. The highest BCUT2D eigenvalue weighted by Gasteiger charge is 2.35. The van der Waals surface area contributed by atoms with Crippen molar-refractivity contribution >= 4 is 33.4 Å². The van der Waals surface area contributed by atoms with Crippen LogP contribution in [0.4, 0.5) is 14.5 Å². The van der Waals surface area contributed by atoms with Crippen LogP contribution >= 0.6 is 11.8 Å². The molecule has 0 spiro atoms. The first-order valence-electron chi connectivity index (χ1n) is 11.7. The van der Waals surface area contributed by atoms with Crippen LogP contribution in [0.2, 0.25) is 0 Å². The second-order valence-corrected chi connectivity index (χ2v) is 10.4. The molecule has 174 valence electrons. The van der Waals surface area contributed by atoms with E-state index in [1.54, 1.807) is 0 Å². The number of aryl methyl sites for hydroxylation is 1. The van der Waals surface area contributed by atoms with E-state index in [2.05, 4.69) is 47.2 Å². The number of rotatable bonds is 5. The highest BCUT2D eigenvalue weighted by molar-refractivity contribution is 8.14. The fraction of sp³-hybridized carbons (Fsp3) is 0.625. The van der Waals surface area contributed by atoms with Crippen LogP contribution in [0.5, 0.6) is 0 Å². The molecular formula is C24H32F2N4OS. The molecule has 32 heavy (non-hydrogen) atoms. The van der Waals surface area contributed by atoms with E-state index in [0.29, 0.717) is 18.9 Å². The van der Waals surface area contributed by atoms with Gasteiger partial charge in [0, 0.05) is 49.2 Å². The quantitative estimate of drug-likeness (QED) is 0.653. The van der Waals surface area contributed by atoms with Crippen LogP contribution in [-0.2, 0) is 4.74 Å². The number of benzene rings is 1. The number of halogens is 2. The molecule has 1 aromatic heterocycles. The third-order valence-electron chi connectivity index (χ3n) is 7.03. The number of anilines is 1. The van der Waals surface area contributed by atoms with Gasteiger partial charge in [-0.15, -0.1) is 11.8 Å². The minimum absolute atomic E-state index is 0.0359. The lowest BCUT2D eigenvalue weighted by atomic mass is 9.92. The van der Waals surface area contributed by atoms with Gasteiger partial charge in [-0.25, -0.2) is 8.78 Å². The Morgan fingerprint density at radius 1 is 1.22 bits per heavy atom. The molecule has 1 aliphatic carbocycles. The normalized spacial score (nSPS) is 25.8. The van der Waals surface area contributed by atoms with E-state index in [1.165, 1.54) is 0 Å². The maximum absolute atomic E-state index is 13.6. The molecule has 1 saturated carbocycles. The summed E-state index contributed by atoms with van der Waals surface area (Å²) in [5, 5.41) is 5.74. The standard InChI is InChI=1S/C24H32F2N4OS/c1-15-11-17-13-20(23-29-21(14-32-23)16(2)30-7-9-31-10-8-30)28-22(17)19(12-15)27-18-3-5-24(25,26)6-4-18/h11-13,16,18,21,27-28H,3-10,14H2,1-2H3/t16?,21-/m1/s1. The van der Waals surface area contributed by atoms with Gasteiger partial charge in [-0.1, -0.05) is 0 Å². The van der Waals surface area contributed by atoms with Crippen molar-refractivity contribution in [2.45, 2.75) is 63.6 Å². The number of fused-ring (bicyclic) bond motifs is 1. The number of aromatic amines is 1. The molecule has 2 fully saturated rings. The Morgan fingerprint density at radius 2 is 1.97 bits per heavy atom. The van der Waals surface area contributed by atoms with Crippen LogP contribution in [0.1, 0.15) is 43.9 Å². The first-order valence-corrected chi connectivity index (χ1v) is 12.7. The summed E-state index contributed by atoms with van der Waals surface area (Å²) < 4.78 is 32.6. The van der Waals surface area contributed by atoms with Gasteiger partial charge < -0.3 is 15.0 Å². The van der Waals surface area contributed by atoms with E-state index in [9.17, 15) is 8.78 Å². The summed E-state index contributed by atoms with van der Waals surface area (Å²) in [7, 11) is 0. The minimum Gasteiger partial charge on any atom is -0.381 e. The van der Waals surface area contributed by atoms with Crippen LogP contribution in [-0.4, -0.2) is 71.0 Å². The lowest BCUT2D eigenvalue weighted by molar-refractivity contribution is -0.0360. The van der Waals surface area contributed by atoms with Gasteiger partial charge in [-0.05, 0) is 50.5 Å². The van der Waals surface area contributed by atoms with E-state index >= 15 is 0 Å². The number of alkyl halides is 2. The second kappa shape index (κ2) is 8.95. The Kier molecular flexibility index (Phi) is 6.20. The summed E-state index contributed by atoms with van der Waals surface area (Å²) in [6.07, 6.45) is 0.927. The molecule has 0 amide bonds. The molecule has 1 aromatic carbocycles. The molecule has 1 unspecified atom stereocenters. The van der Waals surface area contributed by atoms with Crippen molar-refractivity contribution < 1.29 is 13.5 Å². The number of aliphatic imine (C=N–C) groups is 1. The van der Waals surface area contributed by atoms with Crippen molar-refractivity contribution in [2.24, 2.45) is 4.99 Å². The molecule has 0 radical (unpaired) electrons. The van der Waals surface area contributed by atoms with Crippen LogP contribution in [0, 0.1) is 6.92 Å². The molecule has 2 aliphatic heterocycles. The Balaban J connectivity index is 1.35. The SMILES string of the molecule is Cc1cc(NC2CCC(F)(F)CC2)c2[nH]c(C3=N[C@@H](C(C)N4CCOCC4)CS3)cc2c1. The highest BCUT2D eigenvalue weighted by atomic mass is 32.2. The lowest BCUT2D eigenvalue weighted by Crippen LogP contribution is -2.47. The number of hydrogen-bond acceptors (Lipinski definition) is 5. The number of hydrogen-bond donors (Lipinski definition) is 2. The van der Waals surface area contributed by atoms with Gasteiger partial charge in [0.1, 0.15) is 5.04 Å². The summed E-state index contributed by atoms with van der Waals surface area (Å²) in [4.78, 5) is 11.1. The number of nitrogens with zero attached hydrogens (tertiary/aromatic N) is 2. The highest BCUT2D eigenvalue weighted by Crippen LogP contribution is 2.36. The lowest BCUT2D eigenvalue weighted by Gasteiger charge is -2.34. The van der Waals surface area contributed by atoms with Crippen molar-refractivity contribution in [3.63, 3.8) is 0 Å². The molecule has 2 aromatic rings. The zero-order valence-electron chi connectivity index (χ0n) is 18.8. The van der Waals surface area contributed by atoms with Crippen molar-refractivity contribution in [3.8, 4) is 0 Å². The van der Waals surface area contributed by atoms with Gasteiger partial charge >= 0.3 is 0 Å². The molecule has 1 saturated heterocycles. The zero-order valence-corrected chi connectivity index (χ0v) is 19.6. The maximum Gasteiger partial charge on any atom is 0.248 e. The molecule has 8 heteroatoms. The third kappa shape index (κ3) is 4.68. The van der Waals surface area contributed by atoms with E-state index in [-0.39, 0.29) is 24.9 Å². The van der Waals surface area contributed by atoms with Crippen LogP contribution in [0.3, 0.4) is 0 Å². The molecule has 3 heterocycles. The fourth-order valence-corrected chi connectivity index (χ4v) is 6.20. The average Bonchev–Trinajstić information content (AvgIpc) is 3.42. The molecule has 5 rings (SSSR count). The summed E-state index contributed by atoms with van der Waals surface area (Å²) in [5.74, 6) is -1.52. The molecule has 2 atom stereocenters. The number of H-pyrrole nitrogens is 1. The van der Waals surface area contributed by atoms with Crippen LogP contribution in [0.15, 0.2) is 23.2 Å². The predicted octanol–water partition coefficient (Wildman–Crippen LogP) is 5.05. The summed E-state index contributed by atoms with van der Waals surface area (Å²) in [6, 6.07) is 7.23. The molecular weight excluding hydrogens is 430 g/mol. The maximum atomic E-state index is 13.6. The first kappa shape index (κ1) is 22.2. The van der Waals surface area contributed by atoms with Gasteiger partial charge in [-0.2, -0.15) is 0 Å². The van der Waals surface area contributed by atoms with Gasteiger partial charge in [0.15, 0.2) is 0 Å². The Hall–Kier alpha value is -1.64. The Bertz CT molecular complexity index is 991. The zero-order chi connectivity index (χ0) is 22.3. The molecule has 3 aliphatic rings. The van der Waals surface area contributed by atoms with Crippen molar-refractivity contribution in [1.82, 2.24) is 9.88 Å². The minimum atomic E-state index is -2.51. The van der Waals surface area contributed by atoms with Crippen LogP contribution in [0.25, 0.3) is 10.9 Å². The van der Waals surface area contributed by atoms with Gasteiger partial charge in [-0.3, -0.25) is 9.89 Å². The van der Waals surface area contributed by atoms with Gasteiger partial charge in [0.05, 0.1) is 36.2 Å². The van der Waals surface area contributed by atoms with E-state index < -0.39 is 5.92 Å². The smallest absolute Gasteiger partial charge is 0.248 e. The number of nitrogens with one attached hydrogen (secondary N) is 2. The molecule has 5 nitrogen and oxygen atoms in total. The number of thioether (sulfide) groups is 1. The van der Waals surface area contributed by atoms with Crippen LogP contribution < -0.4 is 5.32 Å². The molecule has 2 N–H and O–H groups in total. The molecule has 0 bridgehead atoms.